The fourth-order valence-corrected chi connectivity index (χ4v) is 2.01. The van der Waals surface area contributed by atoms with Crippen LogP contribution in [0.4, 0.5) is 0 Å². The van der Waals surface area contributed by atoms with Crippen molar-refractivity contribution in [3.8, 4) is 12.3 Å². The van der Waals surface area contributed by atoms with Gasteiger partial charge in [-0.3, -0.25) is 14.5 Å². The largest absolute Gasteiger partial charge is 0.355 e. The molecular formula is C11H13NO3. The average Bonchev–Trinajstić information content (AvgIpc) is 2.61. The maximum absolute atomic E-state index is 11.9. The third-order valence-electron chi connectivity index (χ3n) is 2.92. The first kappa shape index (κ1) is 10.2. The summed E-state index contributed by atoms with van der Waals surface area (Å²) >= 11 is 0. The lowest BCUT2D eigenvalue weighted by molar-refractivity contribution is -0.173. The van der Waals surface area contributed by atoms with E-state index in [1.165, 1.54) is 4.90 Å². The first-order chi connectivity index (χ1) is 6.97. The van der Waals surface area contributed by atoms with Crippen molar-refractivity contribution in [3.63, 3.8) is 0 Å². The Hall–Kier alpha value is -1.34. The second-order valence-electron chi connectivity index (χ2n) is 4.41. The fourth-order valence-electron chi connectivity index (χ4n) is 2.01. The maximum Gasteiger partial charge on any atom is 0.259 e. The summed E-state index contributed by atoms with van der Waals surface area (Å²) < 4.78 is 5.28. The van der Waals surface area contributed by atoms with Crippen molar-refractivity contribution in [2.75, 3.05) is 0 Å². The van der Waals surface area contributed by atoms with Gasteiger partial charge in [-0.15, -0.1) is 6.42 Å². The van der Waals surface area contributed by atoms with E-state index in [1.54, 1.807) is 13.8 Å². The summed E-state index contributed by atoms with van der Waals surface area (Å²) in [7, 11) is 0. The lowest BCUT2D eigenvalue weighted by Gasteiger charge is -2.38. The van der Waals surface area contributed by atoms with Gasteiger partial charge in [-0.1, -0.05) is 5.92 Å². The second kappa shape index (κ2) is 3.07. The van der Waals surface area contributed by atoms with Gasteiger partial charge in [-0.25, -0.2) is 0 Å². The van der Waals surface area contributed by atoms with Crippen molar-refractivity contribution in [2.24, 2.45) is 0 Å². The highest BCUT2D eigenvalue weighted by Crippen LogP contribution is 2.32. The molecule has 2 atom stereocenters. The molecule has 0 N–H and O–H groups in total. The van der Waals surface area contributed by atoms with Gasteiger partial charge in [0.05, 0.1) is 0 Å². The van der Waals surface area contributed by atoms with E-state index in [1.807, 2.05) is 0 Å². The molecule has 80 valence electrons. The van der Waals surface area contributed by atoms with Gasteiger partial charge in [0.1, 0.15) is 17.7 Å². The molecule has 2 rings (SSSR count). The van der Waals surface area contributed by atoms with Gasteiger partial charge in [0.2, 0.25) is 0 Å². The molecule has 4 heteroatoms. The first-order valence-electron chi connectivity index (χ1n) is 4.98. The van der Waals surface area contributed by atoms with Crippen molar-refractivity contribution >= 4 is 11.8 Å². The zero-order valence-corrected chi connectivity index (χ0v) is 8.82. The van der Waals surface area contributed by atoms with Gasteiger partial charge in [0, 0.05) is 0 Å². The molecule has 15 heavy (non-hydrogen) atoms. The van der Waals surface area contributed by atoms with Crippen LogP contribution in [0.5, 0.6) is 0 Å². The molecular weight excluding hydrogens is 194 g/mol. The van der Waals surface area contributed by atoms with Crippen LogP contribution in [0, 0.1) is 12.3 Å². The van der Waals surface area contributed by atoms with Crippen LogP contribution in [0.2, 0.25) is 0 Å². The van der Waals surface area contributed by atoms with Crippen LogP contribution in [-0.4, -0.2) is 34.5 Å². The smallest absolute Gasteiger partial charge is 0.259 e. The number of likely N-dealkylation sites (tertiary alicyclic amines) is 1. The summed E-state index contributed by atoms with van der Waals surface area (Å²) in [6.07, 6.45) is 5.63. The van der Waals surface area contributed by atoms with Crippen molar-refractivity contribution < 1.29 is 14.3 Å². The van der Waals surface area contributed by atoms with E-state index in [4.69, 9.17) is 11.2 Å². The number of nitrogens with zero attached hydrogens (tertiary/aromatic N) is 1. The predicted octanol–water partition coefficient (Wildman–Crippen LogP) is 0.315. The van der Waals surface area contributed by atoms with Gasteiger partial charge in [0.25, 0.3) is 11.8 Å². The molecule has 2 aliphatic rings. The van der Waals surface area contributed by atoms with Gasteiger partial charge in [-0.05, 0) is 26.7 Å². The number of hydrogen-bond donors (Lipinski definition) is 0. The number of hydrogen-bond acceptors (Lipinski definition) is 3. The predicted molar refractivity (Wildman–Crippen MR) is 52.7 cm³/mol. The van der Waals surface area contributed by atoms with Crippen molar-refractivity contribution in [1.82, 2.24) is 4.90 Å². The maximum atomic E-state index is 11.9. The second-order valence-corrected chi connectivity index (χ2v) is 4.41. The normalized spacial score (nSPS) is 30.6. The topological polar surface area (TPSA) is 46.6 Å². The van der Waals surface area contributed by atoms with Gasteiger partial charge in [0.15, 0.2) is 0 Å². The zero-order valence-electron chi connectivity index (χ0n) is 8.82. The molecule has 0 aromatic heterocycles. The van der Waals surface area contributed by atoms with Gasteiger partial charge in [-0.2, -0.15) is 0 Å². The van der Waals surface area contributed by atoms with Crippen LogP contribution in [0.3, 0.4) is 0 Å². The SMILES string of the molecule is C#CC(C)(C)N1C(=O)C2CCC(O2)C1=O. The number of rotatable bonds is 1. The highest BCUT2D eigenvalue weighted by Gasteiger charge is 2.50. The van der Waals surface area contributed by atoms with E-state index in [9.17, 15) is 9.59 Å². The summed E-state index contributed by atoms with van der Waals surface area (Å²) in [4.78, 5) is 24.9. The molecule has 0 radical (unpaired) electrons. The number of terminal acetylenes is 1. The average molecular weight is 207 g/mol. The number of carbonyl (C=O) groups excluding carboxylic acids is 2. The Labute approximate surface area is 88.6 Å². The number of carbonyl (C=O) groups is 2. The van der Waals surface area contributed by atoms with E-state index < -0.39 is 17.7 Å². The molecule has 0 aromatic rings. The number of ether oxygens (including phenoxy) is 1. The van der Waals surface area contributed by atoms with Crippen LogP contribution >= 0.6 is 0 Å². The minimum Gasteiger partial charge on any atom is -0.355 e. The number of fused-ring (bicyclic) bond motifs is 2. The summed E-state index contributed by atoms with van der Waals surface area (Å²) in [5.41, 5.74) is -0.862. The van der Waals surface area contributed by atoms with E-state index in [0.29, 0.717) is 12.8 Å². The third kappa shape index (κ3) is 1.35. The van der Waals surface area contributed by atoms with E-state index in [0.717, 1.165) is 0 Å². The summed E-state index contributed by atoms with van der Waals surface area (Å²) in [5, 5.41) is 0. The Balaban J connectivity index is 2.37. The molecule has 0 saturated carbocycles. The third-order valence-corrected chi connectivity index (χ3v) is 2.92. The Morgan fingerprint density at radius 3 is 2.20 bits per heavy atom. The Kier molecular flexibility index (Phi) is 2.09. The summed E-state index contributed by atoms with van der Waals surface area (Å²) in [6, 6.07) is 0. The molecule has 0 aromatic carbocycles. The van der Waals surface area contributed by atoms with E-state index >= 15 is 0 Å². The zero-order chi connectivity index (χ0) is 11.2. The van der Waals surface area contributed by atoms with Crippen molar-refractivity contribution in [2.45, 2.75) is 44.4 Å². The summed E-state index contributed by atoms with van der Waals surface area (Å²) in [6.45, 7) is 3.38. The lowest BCUT2D eigenvalue weighted by atomic mass is 10.0. The molecule has 2 amide bonds. The van der Waals surface area contributed by atoms with Crippen LogP contribution in [-0.2, 0) is 14.3 Å². The quantitative estimate of drug-likeness (QED) is 0.459. The van der Waals surface area contributed by atoms with E-state index in [-0.39, 0.29) is 11.8 Å². The Morgan fingerprint density at radius 2 is 1.80 bits per heavy atom. The van der Waals surface area contributed by atoms with Crippen molar-refractivity contribution in [3.05, 3.63) is 0 Å². The molecule has 0 spiro atoms. The standard InChI is InChI=1S/C11H13NO3/c1-4-11(2,3)12-9(13)7-5-6-8(15-7)10(12)14/h1,7-8H,5-6H2,2-3H3. The minimum atomic E-state index is -0.862. The first-order valence-corrected chi connectivity index (χ1v) is 4.98. The van der Waals surface area contributed by atoms with Crippen LogP contribution in [0.15, 0.2) is 0 Å². The van der Waals surface area contributed by atoms with Gasteiger partial charge >= 0.3 is 0 Å². The van der Waals surface area contributed by atoms with Crippen molar-refractivity contribution in [1.29, 1.82) is 0 Å². The fraction of sp³-hybridized carbons (Fsp3) is 0.636. The Morgan fingerprint density at radius 1 is 1.33 bits per heavy atom. The molecule has 2 saturated heterocycles. The molecule has 2 heterocycles. The monoisotopic (exact) mass is 207 g/mol. The van der Waals surface area contributed by atoms with Gasteiger partial charge < -0.3 is 4.74 Å². The van der Waals surface area contributed by atoms with Crippen LogP contribution in [0.1, 0.15) is 26.7 Å². The highest BCUT2D eigenvalue weighted by molar-refractivity contribution is 6.03. The molecule has 4 nitrogen and oxygen atoms in total. The Bertz CT molecular complexity index is 345. The lowest BCUT2D eigenvalue weighted by Crippen LogP contribution is -2.59. The molecule has 2 aliphatic heterocycles. The highest BCUT2D eigenvalue weighted by atomic mass is 16.5. The van der Waals surface area contributed by atoms with E-state index in [2.05, 4.69) is 5.92 Å². The molecule has 2 bridgehead atoms. The summed E-state index contributed by atoms with van der Waals surface area (Å²) in [5.74, 6) is 1.88. The number of morpholine rings is 1. The minimum absolute atomic E-state index is 0.295. The molecule has 2 fully saturated rings. The van der Waals surface area contributed by atoms with Crippen LogP contribution < -0.4 is 0 Å². The molecule has 2 unspecified atom stereocenters. The molecule has 0 aliphatic carbocycles. The number of imide groups is 1. The van der Waals surface area contributed by atoms with Crippen LogP contribution in [0.25, 0.3) is 0 Å². The number of amides is 2.